The number of hydrogen-bond acceptors (Lipinski definition) is 6. The van der Waals surface area contributed by atoms with E-state index in [0.717, 1.165) is 103 Å². The van der Waals surface area contributed by atoms with Crippen molar-refractivity contribution in [2.45, 2.75) is 348 Å². The minimum Gasteiger partial charge on any atom is -0.462 e. The quantitative estimate of drug-likeness (QED) is 0.0261. The number of rotatable bonds is 63. The molecule has 0 aliphatic rings. The van der Waals surface area contributed by atoms with E-state index in [-0.39, 0.29) is 44.0 Å². The van der Waals surface area contributed by atoms with Gasteiger partial charge in [0.15, 0.2) is 6.10 Å². The Labute approximate surface area is 502 Å². The van der Waals surface area contributed by atoms with E-state index >= 15 is 0 Å². The van der Waals surface area contributed by atoms with Crippen LogP contribution in [0.1, 0.15) is 342 Å². The maximum Gasteiger partial charge on any atom is 0.306 e. The molecule has 0 saturated carbocycles. The second-order valence-corrected chi connectivity index (χ2v) is 23.0. The third kappa shape index (κ3) is 67.0. The van der Waals surface area contributed by atoms with E-state index in [1.807, 2.05) is 6.08 Å². The van der Waals surface area contributed by atoms with Crippen molar-refractivity contribution in [1.82, 2.24) is 0 Å². The third-order valence-corrected chi connectivity index (χ3v) is 15.1. The van der Waals surface area contributed by atoms with E-state index in [1.165, 1.54) is 193 Å². The zero-order valence-electron chi connectivity index (χ0n) is 53.5. The van der Waals surface area contributed by atoms with E-state index < -0.39 is 6.10 Å². The van der Waals surface area contributed by atoms with Crippen molar-refractivity contribution >= 4 is 17.9 Å². The molecular formula is C75H130O6. The van der Waals surface area contributed by atoms with Crippen LogP contribution >= 0.6 is 0 Å². The van der Waals surface area contributed by atoms with Crippen molar-refractivity contribution in [3.05, 3.63) is 97.2 Å². The number of allylic oxidation sites excluding steroid dienone is 16. The number of carbonyl (C=O) groups excluding carboxylic acids is 3. The zero-order valence-corrected chi connectivity index (χ0v) is 53.5. The molecule has 0 N–H and O–H groups in total. The number of hydrogen-bond donors (Lipinski definition) is 0. The van der Waals surface area contributed by atoms with Gasteiger partial charge in [-0.3, -0.25) is 14.4 Å². The molecule has 0 amide bonds. The molecule has 0 heterocycles. The van der Waals surface area contributed by atoms with Crippen molar-refractivity contribution in [2.24, 2.45) is 0 Å². The van der Waals surface area contributed by atoms with Gasteiger partial charge in [0.1, 0.15) is 13.2 Å². The van der Waals surface area contributed by atoms with E-state index in [1.54, 1.807) is 0 Å². The van der Waals surface area contributed by atoms with Crippen LogP contribution in [0.5, 0.6) is 0 Å². The van der Waals surface area contributed by atoms with Gasteiger partial charge in [0.05, 0.1) is 0 Å². The van der Waals surface area contributed by atoms with Crippen LogP contribution in [0.3, 0.4) is 0 Å². The van der Waals surface area contributed by atoms with Crippen molar-refractivity contribution in [1.29, 1.82) is 0 Å². The van der Waals surface area contributed by atoms with E-state index in [2.05, 4.69) is 112 Å². The molecule has 0 aliphatic carbocycles. The van der Waals surface area contributed by atoms with E-state index in [9.17, 15) is 14.4 Å². The van der Waals surface area contributed by atoms with Crippen molar-refractivity contribution < 1.29 is 28.6 Å². The highest BCUT2D eigenvalue weighted by Gasteiger charge is 2.19. The molecule has 1 unspecified atom stereocenters. The average Bonchev–Trinajstić information content (AvgIpc) is 3.46. The average molecular weight is 1130 g/mol. The fraction of sp³-hybridized carbons (Fsp3) is 0.747. The van der Waals surface area contributed by atoms with Gasteiger partial charge in [-0.25, -0.2) is 0 Å². The predicted molar refractivity (Wildman–Crippen MR) is 353 cm³/mol. The summed E-state index contributed by atoms with van der Waals surface area (Å²) in [5.74, 6) is -1.01. The fourth-order valence-corrected chi connectivity index (χ4v) is 9.98. The molecule has 1 atom stereocenters. The Bertz CT molecular complexity index is 1580. The summed E-state index contributed by atoms with van der Waals surface area (Å²) < 4.78 is 16.8. The van der Waals surface area contributed by atoms with Gasteiger partial charge in [-0.15, -0.1) is 0 Å². The highest BCUT2D eigenvalue weighted by molar-refractivity contribution is 5.71. The molecule has 0 aromatic heterocycles. The Morgan fingerprint density at radius 3 is 0.827 bits per heavy atom. The van der Waals surface area contributed by atoms with Gasteiger partial charge in [0, 0.05) is 19.3 Å². The molecule has 0 fully saturated rings. The summed E-state index contributed by atoms with van der Waals surface area (Å²) in [6.45, 7) is 6.36. The number of esters is 3. The van der Waals surface area contributed by atoms with Gasteiger partial charge >= 0.3 is 17.9 Å². The van der Waals surface area contributed by atoms with Crippen LogP contribution in [0.25, 0.3) is 0 Å². The molecule has 0 aliphatic heterocycles. The third-order valence-electron chi connectivity index (χ3n) is 15.1. The molecular weight excluding hydrogens is 997 g/mol. The van der Waals surface area contributed by atoms with Crippen LogP contribution in [0.15, 0.2) is 97.2 Å². The van der Waals surface area contributed by atoms with Gasteiger partial charge in [-0.05, 0) is 83.5 Å². The fourth-order valence-electron chi connectivity index (χ4n) is 9.98. The van der Waals surface area contributed by atoms with Crippen LogP contribution in [0.4, 0.5) is 0 Å². The summed E-state index contributed by atoms with van der Waals surface area (Å²) in [5.41, 5.74) is 0. The number of ether oxygens (including phenoxy) is 3. The lowest BCUT2D eigenvalue weighted by atomic mass is 10.0. The minimum absolute atomic E-state index is 0.108. The second kappa shape index (κ2) is 68.8. The van der Waals surface area contributed by atoms with Gasteiger partial charge in [0.25, 0.3) is 0 Å². The molecule has 466 valence electrons. The largest absolute Gasteiger partial charge is 0.462 e. The lowest BCUT2D eigenvalue weighted by molar-refractivity contribution is -0.166. The Morgan fingerprint density at radius 1 is 0.259 bits per heavy atom. The summed E-state index contributed by atoms with van der Waals surface area (Å²) >= 11 is 0. The molecule has 0 rings (SSSR count). The Hall–Kier alpha value is -3.67. The van der Waals surface area contributed by atoms with Crippen molar-refractivity contribution in [2.75, 3.05) is 13.2 Å². The summed E-state index contributed by atoms with van der Waals surface area (Å²) in [4.78, 5) is 38.3. The van der Waals surface area contributed by atoms with Gasteiger partial charge in [0.2, 0.25) is 0 Å². The highest BCUT2D eigenvalue weighted by Crippen LogP contribution is 2.18. The molecule has 0 aromatic carbocycles. The maximum absolute atomic E-state index is 12.9. The summed E-state index contributed by atoms with van der Waals surface area (Å²) in [6.07, 6.45) is 93.4. The molecule has 0 saturated heterocycles. The lowest BCUT2D eigenvalue weighted by Crippen LogP contribution is -2.30. The van der Waals surface area contributed by atoms with Crippen LogP contribution in [0, 0.1) is 0 Å². The molecule has 6 nitrogen and oxygen atoms in total. The molecule has 0 spiro atoms. The first-order chi connectivity index (χ1) is 40.0. The van der Waals surface area contributed by atoms with Crippen LogP contribution in [0.2, 0.25) is 0 Å². The Balaban J connectivity index is 4.17. The Morgan fingerprint density at radius 2 is 0.506 bits per heavy atom. The molecule has 81 heavy (non-hydrogen) atoms. The summed E-state index contributed by atoms with van der Waals surface area (Å²) in [6, 6.07) is 0. The standard InChI is InChI=1S/C75H130O6/c1-4-7-10-13-16-19-22-25-27-29-30-31-32-33-34-35-36-37-38-39-40-41-42-43-44-46-47-50-53-56-59-62-65-68-74(77)80-71-72(70-79-73(76)67-64-61-58-55-52-49-24-21-18-15-12-9-6-3)81-75(78)69-66-63-60-57-54-51-48-45-28-26-23-20-17-14-11-8-5-2/h8-9,11-12,17-18,20-21,26,28,48-49,51-52,58,61,72H,4-7,10,13-16,19,22-25,27,29-47,50,53-57,59-60,62-71H2,1-3H3/b11-8-,12-9-,20-17-,21-18-,28-26-,51-48-,52-49-,61-58-. The van der Waals surface area contributed by atoms with Crippen LogP contribution in [-0.4, -0.2) is 37.2 Å². The molecule has 0 bridgehead atoms. The predicted octanol–water partition coefficient (Wildman–Crippen LogP) is 24.0. The van der Waals surface area contributed by atoms with Crippen LogP contribution < -0.4 is 0 Å². The molecule has 6 heteroatoms. The normalized spacial score (nSPS) is 12.7. The maximum atomic E-state index is 12.9. The van der Waals surface area contributed by atoms with Crippen molar-refractivity contribution in [3.63, 3.8) is 0 Å². The lowest BCUT2D eigenvalue weighted by Gasteiger charge is -2.18. The van der Waals surface area contributed by atoms with Crippen molar-refractivity contribution in [3.8, 4) is 0 Å². The van der Waals surface area contributed by atoms with Gasteiger partial charge < -0.3 is 14.2 Å². The first-order valence-electron chi connectivity index (χ1n) is 34.7. The molecule has 0 radical (unpaired) electrons. The zero-order chi connectivity index (χ0) is 58.5. The topological polar surface area (TPSA) is 78.9 Å². The van der Waals surface area contributed by atoms with Crippen LogP contribution in [-0.2, 0) is 28.6 Å². The minimum atomic E-state index is -0.820. The summed E-state index contributed by atoms with van der Waals surface area (Å²) in [7, 11) is 0. The van der Waals surface area contributed by atoms with Gasteiger partial charge in [-0.1, -0.05) is 336 Å². The number of carbonyl (C=O) groups is 3. The first kappa shape index (κ1) is 77.3. The SMILES string of the molecule is CC/C=C\C/C=C\C/C=C\C/C=C\CCCCCCC(=O)OC(COC(=O)CC/C=C\C/C=C\C/C=C\C/C=C\CC)COC(=O)CCCCCCCCCCCCCCCCCCCCCCCCCCCCCCCCCCC. The van der Waals surface area contributed by atoms with Gasteiger partial charge in [-0.2, -0.15) is 0 Å². The van der Waals surface area contributed by atoms with E-state index in [0.29, 0.717) is 12.8 Å². The highest BCUT2D eigenvalue weighted by atomic mass is 16.6. The summed E-state index contributed by atoms with van der Waals surface area (Å²) in [5, 5.41) is 0. The monoisotopic (exact) mass is 1130 g/mol. The first-order valence-corrected chi connectivity index (χ1v) is 34.7. The Kier molecular flexibility index (Phi) is 65.7. The van der Waals surface area contributed by atoms with E-state index in [4.69, 9.17) is 14.2 Å². The number of unbranched alkanes of at least 4 members (excludes halogenated alkanes) is 36. The molecule has 0 aromatic rings. The second-order valence-electron chi connectivity index (χ2n) is 23.0. The smallest absolute Gasteiger partial charge is 0.306 e.